The Labute approximate surface area is 94.7 Å². The summed E-state index contributed by atoms with van der Waals surface area (Å²) in [6.45, 7) is -0.527. The molecule has 1 fully saturated rings. The maximum absolute atomic E-state index is 11.6. The molecule has 1 unspecified atom stereocenters. The molecule has 1 heterocycles. The van der Waals surface area contributed by atoms with Crippen molar-refractivity contribution in [2.24, 2.45) is 0 Å². The van der Waals surface area contributed by atoms with Crippen LogP contribution in [0.25, 0.3) is 0 Å². The molecule has 0 radical (unpaired) electrons. The molecule has 1 aliphatic rings. The first kappa shape index (κ1) is 13.4. The van der Waals surface area contributed by atoms with E-state index in [-0.39, 0.29) is 11.9 Å². The van der Waals surface area contributed by atoms with E-state index in [0.29, 0.717) is 6.42 Å². The molecule has 0 aromatic rings. The average Bonchev–Trinajstić information content (AvgIpc) is 2.79. The van der Waals surface area contributed by atoms with E-state index in [9.17, 15) is 4.79 Å². The number of rotatable bonds is 6. The van der Waals surface area contributed by atoms with Gasteiger partial charge in [-0.25, -0.2) is 0 Å². The first-order valence-electron chi connectivity index (χ1n) is 5.53. The molecular formula is C10H20N2O4. The van der Waals surface area contributed by atoms with Crippen molar-refractivity contribution in [3.05, 3.63) is 0 Å². The maximum atomic E-state index is 11.6. The van der Waals surface area contributed by atoms with E-state index in [1.165, 1.54) is 0 Å². The van der Waals surface area contributed by atoms with Crippen LogP contribution in [0.1, 0.15) is 19.3 Å². The second kappa shape index (κ2) is 6.15. The lowest BCUT2D eigenvalue weighted by Gasteiger charge is -2.29. The number of nitrogens with one attached hydrogen (secondary N) is 2. The molecule has 5 N–H and O–H groups in total. The van der Waals surface area contributed by atoms with Gasteiger partial charge in [0.05, 0.1) is 19.8 Å². The Hall–Kier alpha value is -0.690. The van der Waals surface area contributed by atoms with Crippen molar-refractivity contribution in [1.82, 2.24) is 10.6 Å². The highest BCUT2D eigenvalue weighted by Crippen LogP contribution is 2.10. The van der Waals surface area contributed by atoms with Crippen LogP contribution in [0.5, 0.6) is 0 Å². The van der Waals surface area contributed by atoms with Gasteiger partial charge in [-0.15, -0.1) is 0 Å². The molecule has 0 aliphatic carbocycles. The molecular weight excluding hydrogens is 212 g/mol. The van der Waals surface area contributed by atoms with Gasteiger partial charge in [-0.05, 0) is 19.4 Å². The third-order valence-electron chi connectivity index (χ3n) is 2.91. The fourth-order valence-electron chi connectivity index (χ4n) is 1.77. The van der Waals surface area contributed by atoms with Crippen LogP contribution in [0.2, 0.25) is 0 Å². The zero-order chi connectivity index (χ0) is 12.0. The summed E-state index contributed by atoms with van der Waals surface area (Å²) in [5.74, 6) is -0.267. The molecule has 1 rings (SSSR count). The Morgan fingerprint density at radius 1 is 1.31 bits per heavy atom. The highest BCUT2D eigenvalue weighted by atomic mass is 16.3. The van der Waals surface area contributed by atoms with E-state index in [4.69, 9.17) is 15.3 Å². The summed E-state index contributed by atoms with van der Waals surface area (Å²) in [5.41, 5.74) is -1.31. The molecule has 1 saturated heterocycles. The van der Waals surface area contributed by atoms with E-state index in [1.807, 2.05) is 0 Å². The molecule has 1 atom stereocenters. The molecule has 94 valence electrons. The minimum atomic E-state index is -1.31. The van der Waals surface area contributed by atoms with Gasteiger partial charge < -0.3 is 26.0 Å². The van der Waals surface area contributed by atoms with E-state index in [2.05, 4.69) is 10.6 Å². The smallest absolute Gasteiger partial charge is 0.222 e. The van der Waals surface area contributed by atoms with Crippen LogP contribution in [0, 0.1) is 0 Å². The lowest BCUT2D eigenvalue weighted by Crippen LogP contribution is -2.57. The SMILES string of the molecule is O=C(CC1CCCN1)NC(CO)(CO)CO. The number of aliphatic hydroxyl groups is 3. The minimum Gasteiger partial charge on any atom is -0.394 e. The van der Waals surface area contributed by atoms with Gasteiger partial charge in [-0.3, -0.25) is 4.79 Å². The van der Waals surface area contributed by atoms with Crippen molar-refractivity contribution >= 4 is 5.91 Å². The summed E-state index contributed by atoms with van der Waals surface area (Å²) < 4.78 is 0. The lowest BCUT2D eigenvalue weighted by molar-refractivity contribution is -0.125. The van der Waals surface area contributed by atoms with Crippen molar-refractivity contribution in [2.75, 3.05) is 26.4 Å². The monoisotopic (exact) mass is 232 g/mol. The van der Waals surface area contributed by atoms with Gasteiger partial charge in [0.25, 0.3) is 0 Å². The van der Waals surface area contributed by atoms with Crippen molar-refractivity contribution < 1.29 is 20.1 Å². The van der Waals surface area contributed by atoms with Crippen LogP contribution in [-0.4, -0.2) is 59.2 Å². The van der Waals surface area contributed by atoms with Gasteiger partial charge >= 0.3 is 0 Å². The maximum Gasteiger partial charge on any atom is 0.222 e. The van der Waals surface area contributed by atoms with E-state index in [0.717, 1.165) is 19.4 Å². The highest BCUT2D eigenvalue weighted by molar-refractivity contribution is 5.77. The van der Waals surface area contributed by atoms with Gasteiger partial charge in [0.1, 0.15) is 5.54 Å². The third-order valence-corrected chi connectivity index (χ3v) is 2.91. The van der Waals surface area contributed by atoms with E-state index in [1.54, 1.807) is 0 Å². The van der Waals surface area contributed by atoms with Gasteiger partial charge in [0, 0.05) is 12.5 Å². The van der Waals surface area contributed by atoms with Crippen LogP contribution in [0.3, 0.4) is 0 Å². The van der Waals surface area contributed by atoms with Gasteiger partial charge in [-0.1, -0.05) is 0 Å². The molecule has 0 saturated carbocycles. The lowest BCUT2D eigenvalue weighted by atomic mass is 10.0. The summed E-state index contributed by atoms with van der Waals surface area (Å²) in [5, 5.41) is 32.8. The van der Waals surface area contributed by atoms with Crippen molar-refractivity contribution in [2.45, 2.75) is 30.8 Å². The molecule has 0 spiro atoms. The Balaban J connectivity index is 2.41. The Morgan fingerprint density at radius 3 is 2.38 bits per heavy atom. The normalized spacial score (nSPS) is 21.1. The van der Waals surface area contributed by atoms with Crippen LogP contribution < -0.4 is 10.6 Å². The number of aliphatic hydroxyl groups excluding tert-OH is 3. The molecule has 0 aromatic carbocycles. The minimum absolute atomic E-state index is 0.161. The topological polar surface area (TPSA) is 102 Å². The molecule has 6 nitrogen and oxygen atoms in total. The largest absolute Gasteiger partial charge is 0.394 e. The van der Waals surface area contributed by atoms with Crippen LogP contribution in [0.15, 0.2) is 0 Å². The molecule has 1 amide bonds. The summed E-state index contributed by atoms with van der Waals surface area (Å²) in [6, 6.07) is 0.161. The Kier molecular flexibility index (Phi) is 5.14. The predicted molar refractivity (Wildman–Crippen MR) is 57.8 cm³/mol. The molecule has 0 bridgehead atoms. The van der Waals surface area contributed by atoms with Crippen molar-refractivity contribution in [1.29, 1.82) is 0 Å². The summed E-state index contributed by atoms with van der Waals surface area (Å²) in [6.07, 6.45) is 2.32. The predicted octanol–water partition coefficient (Wildman–Crippen LogP) is -2.04. The number of carbonyl (C=O) groups is 1. The van der Waals surface area contributed by atoms with E-state index < -0.39 is 25.4 Å². The summed E-state index contributed by atoms with van der Waals surface area (Å²) in [7, 11) is 0. The molecule has 1 aliphatic heterocycles. The number of carbonyl (C=O) groups excluding carboxylic acids is 1. The van der Waals surface area contributed by atoms with Gasteiger partial charge in [0.2, 0.25) is 5.91 Å². The molecule has 0 aromatic heterocycles. The first-order valence-corrected chi connectivity index (χ1v) is 5.53. The number of hydrogen-bond donors (Lipinski definition) is 5. The van der Waals surface area contributed by atoms with Crippen LogP contribution in [0.4, 0.5) is 0 Å². The second-order valence-corrected chi connectivity index (χ2v) is 4.30. The summed E-state index contributed by atoms with van der Waals surface area (Å²) in [4.78, 5) is 11.6. The standard InChI is InChI=1S/C10H20N2O4/c13-5-10(6-14,7-15)12-9(16)4-8-2-1-3-11-8/h8,11,13-15H,1-7H2,(H,12,16). The van der Waals surface area contributed by atoms with Crippen LogP contribution >= 0.6 is 0 Å². The molecule has 16 heavy (non-hydrogen) atoms. The Morgan fingerprint density at radius 2 is 1.94 bits per heavy atom. The Bertz CT molecular complexity index is 217. The average molecular weight is 232 g/mol. The third kappa shape index (κ3) is 3.41. The molecule has 6 heteroatoms. The quantitative estimate of drug-likeness (QED) is 0.363. The highest BCUT2D eigenvalue weighted by Gasteiger charge is 2.30. The van der Waals surface area contributed by atoms with Gasteiger partial charge in [0.15, 0.2) is 0 Å². The fourth-order valence-corrected chi connectivity index (χ4v) is 1.77. The van der Waals surface area contributed by atoms with Gasteiger partial charge in [-0.2, -0.15) is 0 Å². The van der Waals surface area contributed by atoms with E-state index >= 15 is 0 Å². The van der Waals surface area contributed by atoms with Crippen molar-refractivity contribution in [3.8, 4) is 0 Å². The van der Waals surface area contributed by atoms with Crippen molar-refractivity contribution in [3.63, 3.8) is 0 Å². The number of hydrogen-bond acceptors (Lipinski definition) is 5. The fraction of sp³-hybridized carbons (Fsp3) is 0.900. The second-order valence-electron chi connectivity index (χ2n) is 4.30. The zero-order valence-electron chi connectivity index (χ0n) is 9.28. The van der Waals surface area contributed by atoms with Crippen LogP contribution in [-0.2, 0) is 4.79 Å². The summed E-state index contributed by atoms with van der Waals surface area (Å²) >= 11 is 0. The zero-order valence-corrected chi connectivity index (χ0v) is 9.28. The first-order chi connectivity index (χ1) is 7.65. The number of amides is 1.